The highest BCUT2D eigenvalue weighted by molar-refractivity contribution is 7.15. The maximum absolute atomic E-state index is 12.4. The van der Waals surface area contributed by atoms with Crippen LogP contribution in [0.15, 0.2) is 48.5 Å². The number of aryl methyl sites for hydroxylation is 2. The van der Waals surface area contributed by atoms with Crippen molar-refractivity contribution in [1.82, 2.24) is 9.88 Å². The summed E-state index contributed by atoms with van der Waals surface area (Å²) in [6.45, 7) is 2.29. The topological polar surface area (TPSA) is 79.4 Å². The molecule has 2 heterocycles. The molecule has 1 aliphatic rings. The van der Waals surface area contributed by atoms with E-state index >= 15 is 0 Å². The molecule has 0 atom stereocenters. The fourth-order valence-corrected chi connectivity index (χ4v) is 4.74. The highest BCUT2D eigenvalue weighted by Crippen LogP contribution is 2.27. The van der Waals surface area contributed by atoms with Gasteiger partial charge in [-0.3, -0.25) is 24.6 Å². The van der Waals surface area contributed by atoms with Gasteiger partial charge in [0.1, 0.15) is 0 Å². The van der Waals surface area contributed by atoms with Crippen molar-refractivity contribution in [3.05, 3.63) is 80.8 Å². The number of unbranched alkanes of at least 4 members (excludes halogenated alkanes) is 1. The highest BCUT2D eigenvalue weighted by atomic mass is 35.5. The lowest BCUT2D eigenvalue weighted by Crippen LogP contribution is -2.30. The molecule has 1 N–H and O–H groups in total. The quantitative estimate of drug-likeness (QED) is 0.404. The number of amides is 3. The van der Waals surface area contributed by atoms with Crippen LogP contribution in [-0.4, -0.2) is 34.2 Å². The van der Waals surface area contributed by atoms with Gasteiger partial charge < -0.3 is 0 Å². The maximum atomic E-state index is 12.4. The van der Waals surface area contributed by atoms with Crippen LogP contribution in [0, 0.1) is 6.92 Å². The second-order valence-corrected chi connectivity index (χ2v) is 8.72. The van der Waals surface area contributed by atoms with E-state index in [9.17, 15) is 14.4 Å². The Morgan fingerprint density at radius 3 is 2.35 bits per heavy atom. The molecule has 158 valence electrons. The number of hydrogen-bond donors (Lipinski definition) is 1. The largest absolute Gasteiger partial charge is 0.298 e. The van der Waals surface area contributed by atoms with Crippen LogP contribution in [0.3, 0.4) is 0 Å². The van der Waals surface area contributed by atoms with E-state index in [2.05, 4.69) is 10.3 Å². The molecule has 0 saturated carbocycles. The number of carbonyl (C=O) groups is 3. The number of thiazole rings is 1. The lowest BCUT2D eigenvalue weighted by molar-refractivity contribution is 0.0651. The van der Waals surface area contributed by atoms with E-state index in [0.717, 1.165) is 23.4 Å². The predicted octanol–water partition coefficient (Wildman–Crippen LogP) is 4.98. The maximum Gasteiger partial charge on any atom is 0.261 e. The Labute approximate surface area is 188 Å². The minimum atomic E-state index is -0.295. The molecule has 0 radical (unpaired) electrons. The van der Waals surface area contributed by atoms with Crippen molar-refractivity contribution in [3.63, 3.8) is 0 Å². The summed E-state index contributed by atoms with van der Waals surface area (Å²) in [5, 5.41) is 3.72. The summed E-state index contributed by atoms with van der Waals surface area (Å²) < 4.78 is 0. The number of fused-ring (bicyclic) bond motifs is 1. The normalized spacial score (nSPS) is 12.9. The van der Waals surface area contributed by atoms with Gasteiger partial charge in [-0.25, -0.2) is 4.98 Å². The lowest BCUT2D eigenvalue weighted by Gasteiger charge is -2.13. The number of halogens is 1. The van der Waals surface area contributed by atoms with Crippen molar-refractivity contribution in [3.8, 4) is 0 Å². The molecule has 2 aromatic carbocycles. The first kappa shape index (κ1) is 21.2. The molecule has 0 fully saturated rings. The van der Waals surface area contributed by atoms with Crippen LogP contribution in [0.4, 0.5) is 5.13 Å². The van der Waals surface area contributed by atoms with Gasteiger partial charge in [0.25, 0.3) is 17.7 Å². The average molecular weight is 454 g/mol. The summed E-state index contributed by atoms with van der Waals surface area (Å²) in [5.41, 5.74) is 2.22. The second kappa shape index (κ2) is 8.99. The van der Waals surface area contributed by atoms with Gasteiger partial charge >= 0.3 is 0 Å². The minimum absolute atomic E-state index is 0.223. The van der Waals surface area contributed by atoms with Crippen molar-refractivity contribution >= 4 is 45.8 Å². The number of benzene rings is 2. The van der Waals surface area contributed by atoms with Gasteiger partial charge in [-0.2, -0.15) is 0 Å². The molecule has 4 rings (SSSR count). The van der Waals surface area contributed by atoms with Gasteiger partial charge in [0.2, 0.25) is 0 Å². The molecule has 6 nitrogen and oxygen atoms in total. The van der Waals surface area contributed by atoms with E-state index < -0.39 is 0 Å². The van der Waals surface area contributed by atoms with E-state index in [0.29, 0.717) is 39.8 Å². The molecule has 1 aliphatic heterocycles. The smallest absolute Gasteiger partial charge is 0.261 e. The van der Waals surface area contributed by atoms with Crippen LogP contribution in [0.1, 0.15) is 54.5 Å². The summed E-state index contributed by atoms with van der Waals surface area (Å²) in [6, 6.07) is 13.8. The summed E-state index contributed by atoms with van der Waals surface area (Å²) in [6.07, 6.45) is 2.26. The molecule has 31 heavy (non-hydrogen) atoms. The number of aromatic nitrogens is 1. The Hall–Kier alpha value is -3.03. The fraction of sp³-hybridized carbons (Fsp3) is 0.217. The standard InChI is InChI=1S/C23H20ClN3O3S/c1-14-19(31-23(25-14)26-20(28)17-10-4-5-11-18(17)24)12-6-7-13-27-21(29)15-8-2-3-9-16(15)22(27)30/h2-5,8-11H,6-7,12-13H2,1H3,(H,25,26,28). The van der Waals surface area contributed by atoms with Crippen molar-refractivity contribution < 1.29 is 14.4 Å². The molecule has 0 saturated heterocycles. The number of carbonyl (C=O) groups excluding carboxylic acids is 3. The summed E-state index contributed by atoms with van der Waals surface area (Å²) in [5.74, 6) is -0.741. The third-order valence-corrected chi connectivity index (χ3v) is 6.61. The Kier molecular flexibility index (Phi) is 6.15. The van der Waals surface area contributed by atoms with Gasteiger partial charge in [0.05, 0.1) is 27.4 Å². The molecular formula is C23H20ClN3O3S. The first-order chi connectivity index (χ1) is 15.0. The second-order valence-electron chi connectivity index (χ2n) is 7.23. The van der Waals surface area contributed by atoms with Crippen molar-refractivity contribution in [2.45, 2.75) is 26.2 Å². The number of hydrogen-bond acceptors (Lipinski definition) is 5. The summed E-state index contributed by atoms with van der Waals surface area (Å²) >= 11 is 7.51. The SMILES string of the molecule is Cc1nc(NC(=O)c2ccccc2Cl)sc1CCCCN1C(=O)c2ccccc2C1=O. The summed E-state index contributed by atoms with van der Waals surface area (Å²) in [4.78, 5) is 44.1. The number of anilines is 1. The third-order valence-electron chi connectivity index (χ3n) is 5.15. The van der Waals surface area contributed by atoms with Gasteiger partial charge in [-0.15, -0.1) is 11.3 Å². The Morgan fingerprint density at radius 1 is 1.03 bits per heavy atom. The highest BCUT2D eigenvalue weighted by Gasteiger charge is 2.34. The number of nitrogens with one attached hydrogen (secondary N) is 1. The van der Waals surface area contributed by atoms with E-state index in [1.165, 1.54) is 16.2 Å². The van der Waals surface area contributed by atoms with Crippen molar-refractivity contribution in [2.24, 2.45) is 0 Å². The summed E-state index contributed by atoms with van der Waals surface area (Å²) in [7, 11) is 0. The lowest BCUT2D eigenvalue weighted by atomic mass is 10.1. The van der Waals surface area contributed by atoms with E-state index in [4.69, 9.17) is 11.6 Å². The molecule has 0 unspecified atom stereocenters. The molecule has 1 aromatic heterocycles. The Bertz CT molecular complexity index is 1140. The molecular weight excluding hydrogens is 434 g/mol. The van der Waals surface area contributed by atoms with Gasteiger partial charge in [-0.05, 0) is 50.5 Å². The zero-order valence-electron chi connectivity index (χ0n) is 16.9. The van der Waals surface area contributed by atoms with Crippen molar-refractivity contribution in [1.29, 1.82) is 0 Å². The van der Waals surface area contributed by atoms with Crippen LogP contribution < -0.4 is 5.32 Å². The predicted molar refractivity (Wildman–Crippen MR) is 121 cm³/mol. The molecule has 0 bridgehead atoms. The Balaban J connectivity index is 1.31. The number of nitrogens with zero attached hydrogens (tertiary/aromatic N) is 2. The zero-order chi connectivity index (χ0) is 22.0. The van der Waals surface area contributed by atoms with Gasteiger partial charge in [0.15, 0.2) is 5.13 Å². The fourth-order valence-electron chi connectivity index (χ4n) is 3.52. The van der Waals surface area contributed by atoms with Crippen LogP contribution >= 0.6 is 22.9 Å². The first-order valence-electron chi connectivity index (χ1n) is 9.93. The van der Waals surface area contributed by atoms with Crippen molar-refractivity contribution in [2.75, 3.05) is 11.9 Å². The minimum Gasteiger partial charge on any atom is -0.298 e. The molecule has 3 aromatic rings. The molecule has 3 amide bonds. The van der Waals surface area contributed by atoms with Gasteiger partial charge in [0, 0.05) is 11.4 Å². The monoisotopic (exact) mass is 453 g/mol. The molecule has 0 spiro atoms. The average Bonchev–Trinajstić information content (AvgIpc) is 3.22. The van der Waals surface area contributed by atoms with Crippen LogP contribution in [0.25, 0.3) is 0 Å². The third kappa shape index (κ3) is 4.38. The van der Waals surface area contributed by atoms with E-state index in [1.807, 2.05) is 6.92 Å². The number of imide groups is 1. The van der Waals surface area contributed by atoms with Crippen LogP contribution in [0.5, 0.6) is 0 Å². The van der Waals surface area contributed by atoms with E-state index in [-0.39, 0.29) is 17.7 Å². The Morgan fingerprint density at radius 2 is 1.68 bits per heavy atom. The van der Waals surface area contributed by atoms with Crippen LogP contribution in [0.2, 0.25) is 5.02 Å². The van der Waals surface area contributed by atoms with E-state index in [1.54, 1.807) is 48.5 Å². The zero-order valence-corrected chi connectivity index (χ0v) is 18.4. The van der Waals surface area contributed by atoms with Crippen LogP contribution in [-0.2, 0) is 6.42 Å². The van der Waals surface area contributed by atoms with Gasteiger partial charge in [-0.1, -0.05) is 35.9 Å². The first-order valence-corrected chi connectivity index (χ1v) is 11.1. The molecule has 8 heteroatoms. The number of rotatable bonds is 7. The molecule has 0 aliphatic carbocycles.